The van der Waals surface area contributed by atoms with Crippen LogP contribution >= 0.6 is 0 Å². The molecule has 1 aliphatic heterocycles. The molecule has 1 radical (unpaired) electrons. The Bertz CT molecular complexity index is 3580. The van der Waals surface area contributed by atoms with E-state index in [0.29, 0.717) is 5.56 Å². The Labute approximate surface area is 384 Å². The largest absolute Gasteiger partial charge is 0.382 e. The van der Waals surface area contributed by atoms with E-state index in [1.807, 2.05) is 116 Å². The van der Waals surface area contributed by atoms with Crippen molar-refractivity contribution in [2.45, 2.75) is 0 Å². The van der Waals surface area contributed by atoms with Crippen LogP contribution in [0, 0.1) is 24.0 Å². The minimum absolute atomic E-state index is 0.198. The molecule has 0 atom stereocenters. The van der Waals surface area contributed by atoms with Gasteiger partial charge in [-0.1, -0.05) is 72.8 Å². The van der Waals surface area contributed by atoms with Gasteiger partial charge in [0.1, 0.15) is 0 Å². The molecule has 0 aliphatic carbocycles. The van der Waals surface area contributed by atoms with Gasteiger partial charge >= 0.3 is 0 Å². The number of aromatic nitrogens is 3. The van der Waals surface area contributed by atoms with E-state index >= 15 is 8.78 Å². The average molecular weight is 876 g/mol. The number of pyridine rings is 1. The zero-order chi connectivity index (χ0) is 45.0. The maximum atomic E-state index is 15.2. The van der Waals surface area contributed by atoms with Crippen molar-refractivity contribution in [1.29, 1.82) is 0 Å². The lowest BCUT2D eigenvalue weighted by atomic mass is 10.0. The first kappa shape index (κ1) is 39.7. The number of para-hydroxylation sites is 4. The van der Waals surface area contributed by atoms with E-state index in [0.717, 1.165) is 102 Å². The Morgan fingerprint density at radius 1 is 0.433 bits per heavy atom. The fourth-order valence-corrected chi connectivity index (χ4v) is 9.53. The molecule has 11 aromatic rings. The minimum atomic E-state index is -1.51. The Balaban J connectivity index is 1.09. The van der Waals surface area contributed by atoms with E-state index in [1.54, 1.807) is 6.20 Å². The SMILES string of the molecule is Fc1cc(-c2cc(-n3c4c(c5cc(N(c6ccccc6)c6ccccc6)ccc53)[CH]NC=C4)cc(-n3c4ccncc4c4cc(N(c5ccccc5)c5ccccc5)ccc43)c2)cc(F)c1F. The monoisotopic (exact) mass is 875 g/mol. The molecule has 1 N–H and O–H groups in total. The van der Waals surface area contributed by atoms with Gasteiger partial charge in [-0.05, 0) is 145 Å². The van der Waals surface area contributed by atoms with Crippen molar-refractivity contribution in [3.63, 3.8) is 0 Å². The molecule has 0 bridgehead atoms. The van der Waals surface area contributed by atoms with Crippen LogP contribution in [0.5, 0.6) is 0 Å². The maximum absolute atomic E-state index is 15.2. The van der Waals surface area contributed by atoms with Crippen LogP contribution in [0.2, 0.25) is 0 Å². The molecule has 0 amide bonds. The molecule has 12 rings (SSSR count). The van der Waals surface area contributed by atoms with Crippen molar-refractivity contribution in [3.8, 4) is 22.5 Å². The topological polar surface area (TPSA) is 41.3 Å². The predicted octanol–water partition coefficient (Wildman–Crippen LogP) is 15.2. The number of halogens is 3. The number of hydrogen-bond acceptors (Lipinski definition) is 4. The van der Waals surface area contributed by atoms with E-state index in [1.165, 1.54) is 0 Å². The second-order valence-electron chi connectivity index (χ2n) is 16.4. The molecule has 0 saturated carbocycles. The number of anilines is 6. The summed E-state index contributed by atoms with van der Waals surface area (Å²) < 4.78 is 49.2. The lowest BCUT2D eigenvalue weighted by molar-refractivity contribution is 0.447. The third kappa shape index (κ3) is 6.87. The molecule has 1 aliphatic rings. The summed E-state index contributed by atoms with van der Waals surface area (Å²) >= 11 is 0. The number of fused-ring (bicyclic) bond motifs is 6. The van der Waals surface area contributed by atoms with Gasteiger partial charge in [-0.15, -0.1) is 0 Å². The van der Waals surface area contributed by atoms with Gasteiger partial charge in [0, 0.05) is 79.6 Å². The lowest BCUT2D eigenvalue weighted by Crippen LogP contribution is -2.10. The van der Waals surface area contributed by atoms with Crippen molar-refractivity contribution in [2.24, 2.45) is 0 Å². The summed E-state index contributed by atoms with van der Waals surface area (Å²) in [5.74, 6) is -4.04. The summed E-state index contributed by atoms with van der Waals surface area (Å²) in [6.45, 7) is 1.99. The van der Waals surface area contributed by atoms with Crippen LogP contribution in [0.4, 0.5) is 47.3 Å². The molecule has 9 heteroatoms. The van der Waals surface area contributed by atoms with E-state index in [2.05, 4.69) is 120 Å². The Morgan fingerprint density at radius 2 is 0.910 bits per heavy atom. The van der Waals surface area contributed by atoms with Crippen LogP contribution < -0.4 is 15.1 Å². The summed E-state index contributed by atoms with van der Waals surface area (Å²) in [7, 11) is 0. The number of hydrogen-bond donors (Lipinski definition) is 1. The molecule has 321 valence electrons. The summed E-state index contributed by atoms with van der Waals surface area (Å²) in [4.78, 5) is 9.03. The highest BCUT2D eigenvalue weighted by Crippen LogP contribution is 2.43. The molecule has 4 heterocycles. The van der Waals surface area contributed by atoms with E-state index in [9.17, 15) is 4.39 Å². The third-order valence-corrected chi connectivity index (χ3v) is 12.5. The van der Waals surface area contributed by atoms with Gasteiger partial charge < -0.3 is 24.3 Å². The molecule has 0 spiro atoms. The Morgan fingerprint density at radius 3 is 1.46 bits per heavy atom. The number of nitrogens with one attached hydrogen (secondary N) is 1. The first-order chi connectivity index (χ1) is 33.0. The second kappa shape index (κ2) is 16.3. The van der Waals surface area contributed by atoms with Crippen molar-refractivity contribution >= 4 is 72.9 Å². The Hall–Kier alpha value is -8.82. The first-order valence-corrected chi connectivity index (χ1v) is 21.9. The molecule has 67 heavy (non-hydrogen) atoms. The van der Waals surface area contributed by atoms with Crippen LogP contribution in [-0.2, 0) is 0 Å². The van der Waals surface area contributed by atoms with Crippen molar-refractivity contribution in [2.75, 3.05) is 9.80 Å². The van der Waals surface area contributed by atoms with Gasteiger partial charge in [0.15, 0.2) is 17.5 Å². The predicted molar refractivity (Wildman–Crippen MR) is 266 cm³/mol. The lowest BCUT2D eigenvalue weighted by Gasteiger charge is -2.25. The van der Waals surface area contributed by atoms with Crippen LogP contribution in [-0.4, -0.2) is 14.1 Å². The van der Waals surface area contributed by atoms with Crippen LogP contribution in [0.3, 0.4) is 0 Å². The van der Waals surface area contributed by atoms with Crippen LogP contribution in [0.25, 0.3) is 61.3 Å². The molecule has 8 aromatic carbocycles. The average Bonchev–Trinajstić information content (AvgIpc) is 3.89. The van der Waals surface area contributed by atoms with Gasteiger partial charge in [-0.2, -0.15) is 0 Å². The van der Waals surface area contributed by atoms with Gasteiger partial charge in [0.25, 0.3) is 0 Å². The minimum Gasteiger partial charge on any atom is -0.382 e. The highest BCUT2D eigenvalue weighted by atomic mass is 19.2. The highest BCUT2D eigenvalue weighted by Gasteiger charge is 2.24. The zero-order valence-electron chi connectivity index (χ0n) is 35.7. The maximum Gasteiger partial charge on any atom is 0.194 e. The molecule has 6 nitrogen and oxygen atoms in total. The fraction of sp³-hybridized carbons (Fsp3) is 0. The highest BCUT2D eigenvalue weighted by molar-refractivity contribution is 6.10. The van der Waals surface area contributed by atoms with Gasteiger partial charge in [-0.3, -0.25) is 4.98 Å². The van der Waals surface area contributed by atoms with E-state index in [-0.39, 0.29) is 5.56 Å². The smallest absolute Gasteiger partial charge is 0.194 e. The summed E-state index contributed by atoms with van der Waals surface area (Å²) in [5, 5.41) is 6.18. The molecule has 0 unspecified atom stereocenters. The van der Waals surface area contributed by atoms with E-state index < -0.39 is 17.5 Å². The Kier molecular flexibility index (Phi) is 9.68. The molecule has 3 aromatic heterocycles. The van der Waals surface area contributed by atoms with E-state index in [4.69, 9.17) is 0 Å². The summed E-state index contributed by atoms with van der Waals surface area (Å²) in [6, 6.07) is 63.8. The summed E-state index contributed by atoms with van der Waals surface area (Å²) in [6.07, 6.45) is 7.56. The second-order valence-corrected chi connectivity index (χ2v) is 16.4. The third-order valence-electron chi connectivity index (χ3n) is 12.5. The van der Waals surface area contributed by atoms with Crippen LogP contribution in [0.1, 0.15) is 11.3 Å². The van der Waals surface area contributed by atoms with Crippen LogP contribution in [0.15, 0.2) is 213 Å². The quantitative estimate of drug-likeness (QED) is 0.147. The molecular formula is C58H38F3N6. The normalized spacial score (nSPS) is 12.1. The number of nitrogens with zero attached hydrogens (tertiary/aromatic N) is 5. The standard InChI is InChI=1S/C58H38F3N6/c59-52-31-39(32-53(60)58(52)61)38-29-46(66-54-23-21-44(34-48(54)50-36-62-27-25-56(50)66)64(40-13-5-1-6-14-40)41-15-7-2-8-16-41)33-47(30-38)67-55-24-22-45(35-49(55)51-37-63-28-26-57(51)67)65(42-17-9-3-10-18-42)43-19-11-4-12-20-43/h1-37,62H. The van der Waals surface area contributed by atoms with Gasteiger partial charge in [0.2, 0.25) is 0 Å². The molecule has 0 fully saturated rings. The number of benzene rings is 8. The summed E-state index contributed by atoms with van der Waals surface area (Å²) in [5.41, 5.74) is 12.7. The van der Waals surface area contributed by atoms with Crippen molar-refractivity contribution in [1.82, 2.24) is 19.4 Å². The zero-order valence-corrected chi connectivity index (χ0v) is 35.7. The number of rotatable bonds is 9. The van der Waals surface area contributed by atoms with Crippen molar-refractivity contribution < 1.29 is 13.2 Å². The fourth-order valence-electron chi connectivity index (χ4n) is 9.53. The van der Waals surface area contributed by atoms with Gasteiger partial charge in [0.05, 0.1) is 28.8 Å². The molecular weight excluding hydrogens is 838 g/mol. The van der Waals surface area contributed by atoms with Gasteiger partial charge in [-0.25, -0.2) is 13.2 Å². The molecule has 0 saturated heterocycles. The first-order valence-electron chi connectivity index (χ1n) is 21.9. The van der Waals surface area contributed by atoms with Crippen molar-refractivity contribution in [3.05, 3.63) is 248 Å².